The van der Waals surface area contributed by atoms with Crippen LogP contribution in [-0.2, 0) is 0 Å². The van der Waals surface area contributed by atoms with Gasteiger partial charge in [-0.3, -0.25) is 14.7 Å². The van der Waals surface area contributed by atoms with Gasteiger partial charge in [0, 0.05) is 17.5 Å². The molecule has 0 bridgehead atoms. The van der Waals surface area contributed by atoms with Crippen LogP contribution in [0.2, 0.25) is 0 Å². The van der Waals surface area contributed by atoms with E-state index in [0.717, 1.165) is 11.3 Å². The molecule has 0 aliphatic heterocycles. The van der Waals surface area contributed by atoms with Gasteiger partial charge in [0.15, 0.2) is 5.82 Å². The molecular formula is C18H18N4O2. The summed E-state index contributed by atoms with van der Waals surface area (Å²) >= 11 is 0. The molecule has 24 heavy (non-hydrogen) atoms. The number of nitrogens with zero attached hydrogens (tertiary/aromatic N) is 1. The molecule has 3 aromatic rings. The predicted molar refractivity (Wildman–Crippen MR) is 93.1 cm³/mol. The quantitative estimate of drug-likeness (QED) is 0.689. The van der Waals surface area contributed by atoms with Gasteiger partial charge >= 0.3 is 0 Å². The Morgan fingerprint density at radius 2 is 1.88 bits per heavy atom. The van der Waals surface area contributed by atoms with Gasteiger partial charge in [0.1, 0.15) is 5.56 Å². The number of hydrogen-bond donors (Lipinski definition) is 3. The minimum absolute atomic E-state index is 0.0452. The van der Waals surface area contributed by atoms with Crippen LogP contribution in [0.25, 0.3) is 11.3 Å². The standard InChI is InChI=1S/C18H18N4O2/c1-11(2)15-10-16(22-21-15)20-18(24)13-8-9-14(19-17(13)23)12-6-4-3-5-7-12/h3-11H,1-2H3,(H,19,23)(H2,20,21,22,24). The second-order valence-corrected chi connectivity index (χ2v) is 5.80. The van der Waals surface area contributed by atoms with Gasteiger partial charge in [0.25, 0.3) is 11.5 Å². The number of carbonyl (C=O) groups is 1. The zero-order valence-electron chi connectivity index (χ0n) is 13.5. The third-order valence-corrected chi connectivity index (χ3v) is 3.70. The molecule has 0 aliphatic rings. The summed E-state index contributed by atoms with van der Waals surface area (Å²) in [4.78, 5) is 27.2. The molecule has 3 N–H and O–H groups in total. The molecule has 0 saturated heterocycles. The second kappa shape index (κ2) is 6.54. The molecule has 122 valence electrons. The number of anilines is 1. The van der Waals surface area contributed by atoms with E-state index >= 15 is 0 Å². The van der Waals surface area contributed by atoms with Crippen LogP contribution in [0.3, 0.4) is 0 Å². The van der Waals surface area contributed by atoms with Crippen molar-refractivity contribution in [2.45, 2.75) is 19.8 Å². The van der Waals surface area contributed by atoms with Gasteiger partial charge in [-0.05, 0) is 23.6 Å². The highest BCUT2D eigenvalue weighted by Crippen LogP contribution is 2.16. The summed E-state index contributed by atoms with van der Waals surface area (Å²) < 4.78 is 0. The van der Waals surface area contributed by atoms with Gasteiger partial charge in [-0.2, -0.15) is 5.10 Å². The monoisotopic (exact) mass is 322 g/mol. The molecule has 2 heterocycles. The smallest absolute Gasteiger partial charge is 0.262 e. The molecule has 0 aliphatic carbocycles. The fourth-order valence-electron chi connectivity index (χ4n) is 2.32. The van der Waals surface area contributed by atoms with Crippen LogP contribution in [0.5, 0.6) is 0 Å². The SMILES string of the molecule is CC(C)c1cc(NC(=O)c2ccc(-c3ccccc3)[nH]c2=O)n[nH]1. The average Bonchev–Trinajstić information content (AvgIpc) is 3.04. The highest BCUT2D eigenvalue weighted by Gasteiger charge is 2.14. The fraction of sp³-hybridized carbons (Fsp3) is 0.167. The summed E-state index contributed by atoms with van der Waals surface area (Å²) in [6.45, 7) is 4.04. The second-order valence-electron chi connectivity index (χ2n) is 5.80. The average molecular weight is 322 g/mol. The van der Waals surface area contributed by atoms with Crippen molar-refractivity contribution in [3.8, 4) is 11.3 Å². The van der Waals surface area contributed by atoms with E-state index in [4.69, 9.17) is 0 Å². The van der Waals surface area contributed by atoms with Crippen molar-refractivity contribution in [3.63, 3.8) is 0 Å². The van der Waals surface area contributed by atoms with Crippen molar-refractivity contribution >= 4 is 11.7 Å². The van der Waals surface area contributed by atoms with Gasteiger partial charge in [-0.25, -0.2) is 0 Å². The highest BCUT2D eigenvalue weighted by atomic mass is 16.2. The number of aromatic nitrogens is 3. The minimum atomic E-state index is -0.488. The number of nitrogens with one attached hydrogen (secondary N) is 3. The molecule has 6 nitrogen and oxygen atoms in total. The van der Waals surface area contributed by atoms with E-state index in [1.54, 1.807) is 12.1 Å². The molecule has 0 saturated carbocycles. The van der Waals surface area contributed by atoms with E-state index in [1.165, 1.54) is 6.07 Å². The number of benzene rings is 1. The first-order valence-corrected chi connectivity index (χ1v) is 7.70. The van der Waals surface area contributed by atoms with Crippen LogP contribution >= 0.6 is 0 Å². The Bertz CT molecular complexity index is 910. The topological polar surface area (TPSA) is 90.6 Å². The molecule has 3 rings (SSSR count). The zero-order valence-corrected chi connectivity index (χ0v) is 13.5. The Balaban J connectivity index is 1.81. The third-order valence-electron chi connectivity index (χ3n) is 3.70. The molecule has 1 amide bonds. The van der Waals surface area contributed by atoms with Crippen LogP contribution in [0.1, 0.15) is 35.8 Å². The maximum absolute atomic E-state index is 12.3. The first kappa shape index (κ1) is 15.7. The normalized spacial score (nSPS) is 10.8. The van der Waals surface area contributed by atoms with Crippen molar-refractivity contribution < 1.29 is 4.79 Å². The molecule has 0 unspecified atom stereocenters. The largest absolute Gasteiger partial charge is 0.321 e. The van der Waals surface area contributed by atoms with Crippen LogP contribution in [0, 0.1) is 0 Å². The summed E-state index contributed by atoms with van der Waals surface area (Å²) in [6, 6.07) is 14.5. The van der Waals surface area contributed by atoms with Crippen LogP contribution < -0.4 is 10.9 Å². The van der Waals surface area contributed by atoms with E-state index in [1.807, 2.05) is 44.2 Å². The van der Waals surface area contributed by atoms with E-state index in [9.17, 15) is 9.59 Å². The first-order valence-electron chi connectivity index (χ1n) is 7.70. The summed E-state index contributed by atoms with van der Waals surface area (Å²) in [5.41, 5.74) is 2.07. The molecule has 6 heteroatoms. The lowest BCUT2D eigenvalue weighted by atomic mass is 10.1. The molecule has 1 aromatic carbocycles. The van der Waals surface area contributed by atoms with E-state index in [0.29, 0.717) is 11.5 Å². The number of carbonyl (C=O) groups excluding carboxylic acids is 1. The number of hydrogen-bond acceptors (Lipinski definition) is 3. The molecule has 0 atom stereocenters. The summed E-state index contributed by atoms with van der Waals surface area (Å²) in [7, 11) is 0. The van der Waals surface area contributed by atoms with Crippen LogP contribution in [0.15, 0.2) is 53.3 Å². The van der Waals surface area contributed by atoms with Crippen molar-refractivity contribution in [2.75, 3.05) is 5.32 Å². The molecular weight excluding hydrogens is 304 g/mol. The number of amides is 1. The Labute approximate surface area is 138 Å². The lowest BCUT2D eigenvalue weighted by molar-refractivity contribution is 0.102. The molecule has 0 radical (unpaired) electrons. The minimum Gasteiger partial charge on any atom is -0.321 e. The Morgan fingerprint density at radius 3 is 2.50 bits per heavy atom. The van der Waals surface area contributed by atoms with Gasteiger partial charge in [-0.15, -0.1) is 0 Å². The number of pyridine rings is 1. The Hall–Kier alpha value is -3.15. The van der Waals surface area contributed by atoms with Crippen molar-refractivity contribution in [2.24, 2.45) is 0 Å². The molecule has 0 fully saturated rings. The molecule has 2 aromatic heterocycles. The predicted octanol–water partition coefficient (Wildman–Crippen LogP) is 3.14. The molecule has 0 spiro atoms. The van der Waals surface area contributed by atoms with Gasteiger partial charge in [0.2, 0.25) is 0 Å². The van der Waals surface area contributed by atoms with Gasteiger partial charge in [0.05, 0.1) is 0 Å². The van der Waals surface area contributed by atoms with E-state index < -0.39 is 11.5 Å². The van der Waals surface area contributed by atoms with Crippen molar-refractivity contribution in [1.82, 2.24) is 15.2 Å². The van der Waals surface area contributed by atoms with Crippen molar-refractivity contribution in [3.05, 3.63) is 70.1 Å². The van der Waals surface area contributed by atoms with Crippen LogP contribution in [0.4, 0.5) is 5.82 Å². The summed E-state index contributed by atoms with van der Waals surface area (Å²) in [5, 5.41) is 9.52. The summed E-state index contributed by atoms with van der Waals surface area (Å²) in [6.07, 6.45) is 0. The van der Waals surface area contributed by atoms with E-state index in [-0.39, 0.29) is 11.5 Å². The van der Waals surface area contributed by atoms with E-state index in [2.05, 4.69) is 20.5 Å². The van der Waals surface area contributed by atoms with Crippen molar-refractivity contribution in [1.29, 1.82) is 0 Å². The lowest BCUT2D eigenvalue weighted by Crippen LogP contribution is -2.23. The number of rotatable bonds is 4. The summed E-state index contributed by atoms with van der Waals surface area (Å²) in [5.74, 6) is 0.185. The zero-order chi connectivity index (χ0) is 17.1. The number of aromatic amines is 2. The first-order chi connectivity index (χ1) is 11.5. The maximum Gasteiger partial charge on any atom is 0.262 e. The van der Waals surface area contributed by atoms with Gasteiger partial charge in [-0.1, -0.05) is 44.2 Å². The fourth-order valence-corrected chi connectivity index (χ4v) is 2.32. The maximum atomic E-state index is 12.3. The Morgan fingerprint density at radius 1 is 1.12 bits per heavy atom. The highest BCUT2D eigenvalue weighted by molar-refractivity contribution is 6.03. The third kappa shape index (κ3) is 3.27. The van der Waals surface area contributed by atoms with Gasteiger partial charge < -0.3 is 10.3 Å². The lowest BCUT2D eigenvalue weighted by Gasteiger charge is -2.04. The van der Waals surface area contributed by atoms with Crippen LogP contribution in [-0.4, -0.2) is 21.1 Å². The number of H-pyrrole nitrogens is 2. The Kier molecular flexibility index (Phi) is 4.29.